The van der Waals surface area contributed by atoms with Crippen LogP contribution in [0.2, 0.25) is 0 Å². The van der Waals surface area contributed by atoms with E-state index >= 15 is 0 Å². The Balaban J connectivity index is 2.70. The predicted molar refractivity (Wildman–Crippen MR) is 51.3 cm³/mol. The third-order valence-corrected chi connectivity index (χ3v) is 1.67. The van der Waals surface area contributed by atoms with Crippen LogP contribution in [0, 0.1) is 0 Å². The van der Waals surface area contributed by atoms with Gasteiger partial charge in [-0.15, -0.1) is 0 Å². The molecule has 0 aliphatic carbocycles. The van der Waals surface area contributed by atoms with Gasteiger partial charge in [-0.2, -0.15) is 0 Å². The zero-order chi connectivity index (χ0) is 9.68. The van der Waals surface area contributed by atoms with Gasteiger partial charge in [0.15, 0.2) is 0 Å². The number of hydrogen-bond acceptors (Lipinski definition) is 2. The number of esters is 1. The maximum atomic E-state index is 11.4. The van der Waals surface area contributed by atoms with Crippen LogP contribution in [0.1, 0.15) is 24.2 Å². The molecule has 0 aliphatic heterocycles. The SMILES string of the molecule is C/C=C(/C)OC(=O)c1ccccc1. The summed E-state index contributed by atoms with van der Waals surface area (Å²) in [5.41, 5.74) is 0.573. The van der Waals surface area contributed by atoms with Crippen molar-refractivity contribution in [3.63, 3.8) is 0 Å². The lowest BCUT2D eigenvalue weighted by Crippen LogP contribution is -2.02. The van der Waals surface area contributed by atoms with E-state index in [0.717, 1.165) is 0 Å². The quantitative estimate of drug-likeness (QED) is 0.511. The van der Waals surface area contributed by atoms with Crippen LogP contribution in [-0.2, 0) is 4.74 Å². The molecule has 1 aromatic rings. The van der Waals surface area contributed by atoms with Gasteiger partial charge in [0.25, 0.3) is 0 Å². The van der Waals surface area contributed by atoms with Gasteiger partial charge in [-0.05, 0) is 32.1 Å². The Hall–Kier alpha value is -1.57. The van der Waals surface area contributed by atoms with Crippen molar-refractivity contribution in [2.75, 3.05) is 0 Å². The van der Waals surface area contributed by atoms with Gasteiger partial charge in [-0.25, -0.2) is 4.79 Å². The van der Waals surface area contributed by atoms with Crippen LogP contribution in [0.5, 0.6) is 0 Å². The van der Waals surface area contributed by atoms with Gasteiger partial charge in [0.05, 0.1) is 5.56 Å². The van der Waals surface area contributed by atoms with Crippen LogP contribution >= 0.6 is 0 Å². The van der Waals surface area contributed by atoms with Crippen molar-refractivity contribution in [2.45, 2.75) is 13.8 Å². The van der Waals surface area contributed by atoms with Crippen LogP contribution in [0.4, 0.5) is 0 Å². The Labute approximate surface area is 77.8 Å². The van der Waals surface area contributed by atoms with Crippen LogP contribution < -0.4 is 0 Å². The van der Waals surface area contributed by atoms with E-state index in [1.54, 1.807) is 25.1 Å². The minimum absolute atomic E-state index is 0.309. The first-order valence-electron chi connectivity index (χ1n) is 4.14. The Kier molecular flexibility index (Phi) is 3.26. The van der Waals surface area contributed by atoms with Gasteiger partial charge in [-0.1, -0.05) is 18.2 Å². The lowest BCUT2D eigenvalue weighted by Gasteiger charge is -2.02. The summed E-state index contributed by atoms with van der Waals surface area (Å²) in [7, 11) is 0. The number of rotatable bonds is 2. The normalized spacial score (nSPS) is 11.1. The second kappa shape index (κ2) is 4.45. The van der Waals surface area contributed by atoms with Gasteiger partial charge in [-0.3, -0.25) is 0 Å². The van der Waals surface area contributed by atoms with Crippen molar-refractivity contribution >= 4 is 5.97 Å². The maximum absolute atomic E-state index is 11.4. The molecule has 0 saturated carbocycles. The maximum Gasteiger partial charge on any atom is 0.343 e. The molecule has 2 heteroatoms. The second-order valence-electron chi connectivity index (χ2n) is 2.65. The smallest absolute Gasteiger partial charge is 0.343 e. The summed E-state index contributed by atoms with van der Waals surface area (Å²) in [4.78, 5) is 11.4. The number of carbonyl (C=O) groups excluding carboxylic acids is 1. The molecule has 0 heterocycles. The number of allylic oxidation sites excluding steroid dienone is 2. The molecule has 1 aromatic carbocycles. The number of benzene rings is 1. The summed E-state index contributed by atoms with van der Waals surface area (Å²) >= 11 is 0. The lowest BCUT2D eigenvalue weighted by molar-refractivity contribution is 0.0625. The van der Waals surface area contributed by atoms with Crippen LogP contribution in [-0.4, -0.2) is 5.97 Å². The van der Waals surface area contributed by atoms with E-state index < -0.39 is 0 Å². The molecule has 0 radical (unpaired) electrons. The molecule has 0 aliphatic rings. The van der Waals surface area contributed by atoms with E-state index in [1.807, 2.05) is 25.1 Å². The van der Waals surface area contributed by atoms with E-state index in [-0.39, 0.29) is 5.97 Å². The third-order valence-electron chi connectivity index (χ3n) is 1.67. The number of carbonyl (C=O) groups is 1. The van der Waals surface area contributed by atoms with Gasteiger partial charge in [0.2, 0.25) is 0 Å². The molecule has 0 saturated heterocycles. The first kappa shape index (κ1) is 9.52. The first-order valence-corrected chi connectivity index (χ1v) is 4.14. The Morgan fingerprint density at radius 3 is 2.46 bits per heavy atom. The molecular weight excluding hydrogens is 164 g/mol. The highest BCUT2D eigenvalue weighted by atomic mass is 16.5. The second-order valence-corrected chi connectivity index (χ2v) is 2.65. The van der Waals surface area contributed by atoms with Crippen LogP contribution in [0.3, 0.4) is 0 Å². The summed E-state index contributed by atoms with van der Waals surface area (Å²) in [6, 6.07) is 8.93. The Bertz CT molecular complexity index is 312. The fraction of sp³-hybridized carbons (Fsp3) is 0.182. The Morgan fingerprint density at radius 2 is 1.92 bits per heavy atom. The van der Waals surface area contributed by atoms with E-state index in [0.29, 0.717) is 11.3 Å². The predicted octanol–water partition coefficient (Wildman–Crippen LogP) is 2.77. The molecule has 0 spiro atoms. The summed E-state index contributed by atoms with van der Waals surface area (Å²) < 4.78 is 5.01. The summed E-state index contributed by atoms with van der Waals surface area (Å²) in [6.45, 7) is 3.58. The zero-order valence-corrected chi connectivity index (χ0v) is 7.78. The number of ether oxygens (including phenoxy) is 1. The van der Waals surface area contributed by atoms with E-state index in [4.69, 9.17) is 4.74 Å². The minimum Gasteiger partial charge on any atom is -0.428 e. The molecule has 13 heavy (non-hydrogen) atoms. The summed E-state index contributed by atoms with van der Waals surface area (Å²) in [5.74, 6) is 0.310. The van der Waals surface area contributed by atoms with Gasteiger partial charge in [0.1, 0.15) is 5.76 Å². The van der Waals surface area contributed by atoms with Crippen molar-refractivity contribution in [2.24, 2.45) is 0 Å². The van der Waals surface area contributed by atoms with Gasteiger partial charge >= 0.3 is 5.97 Å². The highest BCUT2D eigenvalue weighted by Crippen LogP contribution is 2.04. The highest BCUT2D eigenvalue weighted by molar-refractivity contribution is 5.89. The minimum atomic E-state index is -0.309. The van der Waals surface area contributed by atoms with Crippen LogP contribution in [0.15, 0.2) is 42.2 Å². The molecule has 0 amide bonds. The summed E-state index contributed by atoms with van der Waals surface area (Å²) in [5, 5.41) is 0. The molecule has 0 aromatic heterocycles. The molecule has 1 rings (SSSR count). The fourth-order valence-corrected chi connectivity index (χ4v) is 0.838. The molecule has 0 fully saturated rings. The van der Waals surface area contributed by atoms with Crippen molar-refractivity contribution in [3.8, 4) is 0 Å². The largest absolute Gasteiger partial charge is 0.428 e. The van der Waals surface area contributed by atoms with E-state index in [9.17, 15) is 4.79 Å². The molecule has 0 N–H and O–H groups in total. The molecular formula is C11H12O2. The molecule has 0 bridgehead atoms. The van der Waals surface area contributed by atoms with Crippen molar-refractivity contribution < 1.29 is 9.53 Å². The molecule has 0 unspecified atom stereocenters. The first-order chi connectivity index (χ1) is 6.24. The van der Waals surface area contributed by atoms with E-state index in [1.165, 1.54) is 0 Å². The average molecular weight is 176 g/mol. The van der Waals surface area contributed by atoms with Crippen molar-refractivity contribution in [1.82, 2.24) is 0 Å². The third kappa shape index (κ3) is 2.75. The monoisotopic (exact) mass is 176 g/mol. The summed E-state index contributed by atoms with van der Waals surface area (Å²) in [6.07, 6.45) is 1.75. The van der Waals surface area contributed by atoms with Gasteiger partial charge < -0.3 is 4.74 Å². The topological polar surface area (TPSA) is 26.3 Å². The fourth-order valence-electron chi connectivity index (χ4n) is 0.838. The van der Waals surface area contributed by atoms with E-state index in [2.05, 4.69) is 0 Å². The standard InChI is InChI=1S/C11H12O2/c1-3-9(2)13-11(12)10-7-5-4-6-8-10/h3-8H,1-2H3/b9-3-. The van der Waals surface area contributed by atoms with Gasteiger partial charge in [0, 0.05) is 0 Å². The lowest BCUT2D eigenvalue weighted by atomic mass is 10.2. The van der Waals surface area contributed by atoms with Crippen molar-refractivity contribution in [3.05, 3.63) is 47.7 Å². The van der Waals surface area contributed by atoms with Crippen molar-refractivity contribution in [1.29, 1.82) is 0 Å². The highest BCUT2D eigenvalue weighted by Gasteiger charge is 2.05. The molecule has 2 nitrogen and oxygen atoms in total. The van der Waals surface area contributed by atoms with Crippen LogP contribution in [0.25, 0.3) is 0 Å². The average Bonchev–Trinajstić information content (AvgIpc) is 2.19. The zero-order valence-electron chi connectivity index (χ0n) is 7.78. The number of hydrogen-bond donors (Lipinski definition) is 0. The Morgan fingerprint density at radius 1 is 1.31 bits per heavy atom. The molecule has 68 valence electrons. The molecule has 0 atom stereocenters.